The number of ether oxygens (including phenoxy) is 1. The Bertz CT molecular complexity index is 986. The van der Waals surface area contributed by atoms with Crippen LogP contribution in [0, 0.1) is 13.8 Å². The summed E-state index contributed by atoms with van der Waals surface area (Å²) in [6, 6.07) is 11.7. The van der Waals surface area contributed by atoms with Gasteiger partial charge in [0.15, 0.2) is 0 Å². The number of amides is 1. The van der Waals surface area contributed by atoms with Gasteiger partial charge in [-0.3, -0.25) is 4.79 Å². The van der Waals surface area contributed by atoms with Gasteiger partial charge in [0.25, 0.3) is 5.91 Å². The number of carbonyl (C=O) groups is 1. The van der Waals surface area contributed by atoms with Crippen molar-refractivity contribution in [3.8, 4) is 11.1 Å². The summed E-state index contributed by atoms with van der Waals surface area (Å²) in [7, 11) is 1.71. The molecule has 4 rings (SSSR count). The highest BCUT2D eigenvalue weighted by atomic mass is 35.5. The highest BCUT2D eigenvalue weighted by Gasteiger charge is 2.48. The quantitative estimate of drug-likeness (QED) is 0.715. The van der Waals surface area contributed by atoms with Crippen LogP contribution in [0.2, 0.25) is 5.02 Å². The van der Waals surface area contributed by atoms with Gasteiger partial charge in [-0.05, 0) is 79.5 Å². The summed E-state index contributed by atoms with van der Waals surface area (Å²) in [6.07, 6.45) is 3.18. The van der Waals surface area contributed by atoms with Crippen molar-refractivity contribution in [3.05, 3.63) is 63.9 Å². The Morgan fingerprint density at radius 3 is 2.38 bits per heavy atom. The van der Waals surface area contributed by atoms with Crippen molar-refractivity contribution in [2.75, 3.05) is 7.11 Å². The molecule has 0 radical (unpaired) electrons. The number of aryl methyl sites for hydroxylation is 1. The van der Waals surface area contributed by atoms with Crippen LogP contribution in [0.25, 0.3) is 16.7 Å². The van der Waals surface area contributed by atoms with Gasteiger partial charge in [-0.1, -0.05) is 35.9 Å². The smallest absolute Gasteiger partial charge is 0.256 e. The van der Waals surface area contributed by atoms with E-state index >= 15 is 0 Å². The normalized spacial score (nSPS) is 24.3. The van der Waals surface area contributed by atoms with E-state index in [2.05, 4.69) is 11.4 Å². The summed E-state index contributed by atoms with van der Waals surface area (Å²) in [4.78, 5) is 13.0. The van der Waals surface area contributed by atoms with Crippen LogP contribution in [0.15, 0.2) is 42.2 Å². The predicted molar refractivity (Wildman–Crippen MR) is 116 cm³/mol. The van der Waals surface area contributed by atoms with E-state index in [0.29, 0.717) is 23.4 Å². The van der Waals surface area contributed by atoms with Crippen LogP contribution in [0.5, 0.6) is 0 Å². The van der Waals surface area contributed by atoms with E-state index in [0.717, 1.165) is 40.7 Å². The van der Waals surface area contributed by atoms with Crippen LogP contribution < -0.4 is 5.32 Å². The summed E-state index contributed by atoms with van der Waals surface area (Å²) in [5, 5.41) is 15.0. The van der Waals surface area contributed by atoms with E-state index in [9.17, 15) is 9.90 Å². The van der Waals surface area contributed by atoms with E-state index in [1.165, 1.54) is 0 Å². The Labute approximate surface area is 176 Å². The molecule has 152 valence electrons. The summed E-state index contributed by atoms with van der Waals surface area (Å²) in [5.41, 5.74) is 4.56. The molecule has 5 heteroatoms. The first-order valence-corrected chi connectivity index (χ1v) is 10.4. The van der Waals surface area contributed by atoms with Gasteiger partial charge < -0.3 is 15.2 Å². The van der Waals surface area contributed by atoms with Gasteiger partial charge >= 0.3 is 0 Å². The number of benzene rings is 2. The summed E-state index contributed by atoms with van der Waals surface area (Å²) in [6.45, 7) is 3.99. The first-order valence-electron chi connectivity index (χ1n) is 10.0. The lowest BCUT2D eigenvalue weighted by molar-refractivity contribution is -0.116. The lowest BCUT2D eigenvalue weighted by Crippen LogP contribution is -2.48. The summed E-state index contributed by atoms with van der Waals surface area (Å²) >= 11 is 6.04. The maximum Gasteiger partial charge on any atom is 0.256 e. The average molecular weight is 412 g/mol. The van der Waals surface area contributed by atoms with Gasteiger partial charge in [-0.2, -0.15) is 0 Å². The number of hydrogen-bond donors (Lipinski definition) is 2. The zero-order chi connectivity index (χ0) is 20.8. The van der Waals surface area contributed by atoms with Crippen LogP contribution in [0.4, 0.5) is 0 Å². The second-order valence-electron chi connectivity index (χ2n) is 8.13. The van der Waals surface area contributed by atoms with Crippen LogP contribution in [0.3, 0.4) is 0 Å². The third kappa shape index (κ3) is 3.34. The number of halogens is 1. The largest absolute Gasteiger partial charge is 0.509 e. The van der Waals surface area contributed by atoms with Gasteiger partial charge in [0, 0.05) is 12.1 Å². The molecule has 0 unspecified atom stereocenters. The fourth-order valence-electron chi connectivity index (χ4n) is 4.77. The number of aliphatic hydroxyl groups excluding tert-OH is 1. The average Bonchev–Trinajstić information content (AvgIpc) is 2.94. The van der Waals surface area contributed by atoms with Crippen LogP contribution in [-0.4, -0.2) is 29.8 Å². The Morgan fingerprint density at radius 2 is 1.76 bits per heavy atom. The Hall–Kier alpha value is -2.30. The van der Waals surface area contributed by atoms with Crippen molar-refractivity contribution in [3.63, 3.8) is 0 Å². The van der Waals surface area contributed by atoms with E-state index in [1.807, 2.05) is 44.2 Å². The third-order valence-electron chi connectivity index (χ3n) is 6.47. The van der Waals surface area contributed by atoms with E-state index in [4.69, 9.17) is 16.3 Å². The van der Waals surface area contributed by atoms with Gasteiger partial charge in [0.2, 0.25) is 0 Å². The van der Waals surface area contributed by atoms with Crippen LogP contribution in [-0.2, 0) is 9.53 Å². The minimum absolute atomic E-state index is 0.177. The Balaban J connectivity index is 1.80. The molecule has 1 fully saturated rings. The van der Waals surface area contributed by atoms with Crippen molar-refractivity contribution >= 4 is 23.1 Å². The number of methoxy groups -OCH3 is 1. The molecule has 1 heterocycles. The molecule has 29 heavy (non-hydrogen) atoms. The molecule has 2 aliphatic rings. The third-order valence-corrected chi connectivity index (χ3v) is 6.72. The fourth-order valence-corrected chi connectivity index (χ4v) is 4.90. The molecule has 2 aromatic carbocycles. The zero-order valence-corrected chi connectivity index (χ0v) is 17.8. The molecule has 1 amide bonds. The highest BCUT2D eigenvalue weighted by molar-refractivity contribution is 6.30. The maximum atomic E-state index is 13.0. The molecular weight excluding hydrogens is 386 g/mol. The van der Waals surface area contributed by atoms with Crippen molar-refractivity contribution < 1.29 is 14.6 Å². The molecule has 1 aliphatic carbocycles. The minimum atomic E-state index is -0.670. The van der Waals surface area contributed by atoms with Crippen LogP contribution >= 0.6 is 11.6 Å². The number of nitrogens with one attached hydrogen (secondary N) is 1. The topological polar surface area (TPSA) is 58.6 Å². The maximum absolute atomic E-state index is 13.0. The standard InChI is InChI=1S/C24H26ClNO3/c1-14-4-9-19(16-5-7-17(25)8-6-16)15(2)20(14)21-22(27)24(26-23(21)28)12-10-18(29-3)11-13-24/h4-9,18,27H,10-13H2,1-3H3,(H,26,28). The van der Waals surface area contributed by atoms with E-state index < -0.39 is 5.54 Å². The molecule has 2 aromatic rings. The van der Waals surface area contributed by atoms with Gasteiger partial charge in [0.05, 0.1) is 17.2 Å². The molecule has 1 aliphatic heterocycles. The second kappa shape index (κ2) is 7.51. The fraction of sp³-hybridized carbons (Fsp3) is 0.375. The molecule has 1 spiro atoms. The molecule has 0 bridgehead atoms. The number of carbonyl (C=O) groups excluding carboxylic acids is 1. The SMILES string of the molecule is COC1CCC2(CC1)NC(=O)C(c1c(C)ccc(-c3ccc(Cl)cc3)c1C)=C2O. The Morgan fingerprint density at radius 1 is 1.10 bits per heavy atom. The first kappa shape index (κ1) is 20.0. The number of aliphatic hydroxyl groups is 1. The lowest BCUT2D eigenvalue weighted by atomic mass is 9.78. The molecule has 0 atom stereocenters. The van der Waals surface area contributed by atoms with Crippen molar-refractivity contribution in [2.24, 2.45) is 0 Å². The lowest BCUT2D eigenvalue weighted by Gasteiger charge is -2.36. The number of rotatable bonds is 3. The van der Waals surface area contributed by atoms with Crippen molar-refractivity contribution in [1.82, 2.24) is 5.32 Å². The molecule has 1 saturated carbocycles. The van der Waals surface area contributed by atoms with Gasteiger partial charge in [0.1, 0.15) is 5.76 Å². The minimum Gasteiger partial charge on any atom is -0.509 e. The Kier molecular flexibility index (Phi) is 5.18. The van der Waals surface area contributed by atoms with Gasteiger partial charge in [-0.25, -0.2) is 0 Å². The van der Waals surface area contributed by atoms with Crippen molar-refractivity contribution in [1.29, 1.82) is 0 Å². The van der Waals surface area contributed by atoms with E-state index in [-0.39, 0.29) is 17.8 Å². The molecular formula is C24H26ClNO3. The monoisotopic (exact) mass is 411 g/mol. The van der Waals surface area contributed by atoms with Crippen LogP contribution in [0.1, 0.15) is 42.4 Å². The highest BCUT2D eigenvalue weighted by Crippen LogP contribution is 2.44. The molecule has 4 nitrogen and oxygen atoms in total. The van der Waals surface area contributed by atoms with E-state index in [1.54, 1.807) is 7.11 Å². The van der Waals surface area contributed by atoms with Crippen molar-refractivity contribution in [2.45, 2.75) is 51.2 Å². The summed E-state index contributed by atoms with van der Waals surface area (Å²) in [5.74, 6) is -0.0191. The van der Waals surface area contributed by atoms with Gasteiger partial charge in [-0.15, -0.1) is 0 Å². The zero-order valence-electron chi connectivity index (χ0n) is 17.0. The molecule has 2 N–H and O–H groups in total. The summed E-state index contributed by atoms with van der Waals surface area (Å²) < 4.78 is 5.46. The second-order valence-corrected chi connectivity index (χ2v) is 8.57. The number of hydrogen-bond acceptors (Lipinski definition) is 3. The predicted octanol–water partition coefficient (Wildman–Crippen LogP) is 5.35. The first-order chi connectivity index (χ1) is 13.9. The molecule has 0 saturated heterocycles. The molecule has 0 aromatic heterocycles.